The van der Waals surface area contributed by atoms with E-state index < -0.39 is 0 Å². The van der Waals surface area contributed by atoms with Gasteiger partial charge in [0.25, 0.3) is 0 Å². The highest BCUT2D eigenvalue weighted by Gasteiger charge is 2.14. The topological polar surface area (TPSA) is 26.0 Å². The number of hydrogen-bond acceptors (Lipinski definition) is 2. The Morgan fingerprint density at radius 1 is 1.31 bits per heavy atom. The van der Waals surface area contributed by atoms with Crippen LogP contribution in [-0.2, 0) is 0 Å². The van der Waals surface area contributed by atoms with Crippen molar-refractivity contribution in [3.8, 4) is 0 Å². The first-order chi connectivity index (χ1) is 6.25. The fraction of sp³-hybridized carbons (Fsp3) is 0.455. The highest BCUT2D eigenvalue weighted by Crippen LogP contribution is 2.30. The van der Waals surface area contributed by atoms with Crippen LogP contribution in [0.4, 0.5) is 0 Å². The van der Waals surface area contributed by atoms with E-state index in [2.05, 4.69) is 38.1 Å². The van der Waals surface area contributed by atoms with Crippen LogP contribution >= 0.6 is 11.8 Å². The number of hydrogen-bond donors (Lipinski definition) is 1. The molecule has 0 saturated carbocycles. The molecular weight excluding hydrogens is 178 g/mol. The number of thioether (sulfide) groups is 1. The van der Waals surface area contributed by atoms with Crippen molar-refractivity contribution >= 4 is 11.8 Å². The molecule has 2 unspecified atom stereocenters. The zero-order chi connectivity index (χ0) is 9.68. The van der Waals surface area contributed by atoms with Crippen molar-refractivity contribution in [1.29, 1.82) is 0 Å². The first-order valence-corrected chi connectivity index (χ1v) is 5.72. The van der Waals surface area contributed by atoms with Gasteiger partial charge in [-0.05, 0) is 18.2 Å². The average molecular weight is 195 g/mol. The van der Waals surface area contributed by atoms with Gasteiger partial charge >= 0.3 is 0 Å². The second-order valence-electron chi connectivity index (χ2n) is 3.15. The monoisotopic (exact) mass is 195 g/mol. The molecular formula is C11H17NS. The van der Waals surface area contributed by atoms with Gasteiger partial charge in [0, 0.05) is 11.3 Å². The van der Waals surface area contributed by atoms with Gasteiger partial charge in [0.05, 0.1) is 0 Å². The van der Waals surface area contributed by atoms with Crippen molar-refractivity contribution in [1.82, 2.24) is 0 Å². The van der Waals surface area contributed by atoms with Gasteiger partial charge in [0.1, 0.15) is 0 Å². The number of nitrogens with two attached hydrogens (primary N) is 1. The molecule has 0 heterocycles. The van der Waals surface area contributed by atoms with Crippen LogP contribution in [0.25, 0.3) is 0 Å². The van der Waals surface area contributed by atoms with Gasteiger partial charge in [-0.3, -0.25) is 0 Å². The lowest BCUT2D eigenvalue weighted by Crippen LogP contribution is -2.22. The van der Waals surface area contributed by atoms with E-state index in [0.717, 1.165) is 5.75 Å². The van der Waals surface area contributed by atoms with Gasteiger partial charge in [-0.15, -0.1) is 0 Å². The Morgan fingerprint density at radius 3 is 2.38 bits per heavy atom. The van der Waals surface area contributed by atoms with Gasteiger partial charge < -0.3 is 5.73 Å². The minimum atomic E-state index is 0.215. The molecule has 0 radical (unpaired) electrons. The summed E-state index contributed by atoms with van der Waals surface area (Å²) in [5.41, 5.74) is 7.27. The van der Waals surface area contributed by atoms with Crippen molar-refractivity contribution in [3.63, 3.8) is 0 Å². The Hall–Kier alpha value is -0.470. The molecule has 0 aliphatic carbocycles. The Bertz CT molecular complexity index is 233. The molecule has 1 rings (SSSR count). The van der Waals surface area contributed by atoms with E-state index in [0.29, 0.717) is 5.25 Å². The van der Waals surface area contributed by atoms with Crippen molar-refractivity contribution < 1.29 is 0 Å². The molecule has 2 heteroatoms. The van der Waals surface area contributed by atoms with Crippen LogP contribution in [0.3, 0.4) is 0 Å². The predicted octanol–water partition coefficient (Wildman–Crippen LogP) is 2.83. The van der Waals surface area contributed by atoms with Crippen molar-refractivity contribution in [2.45, 2.75) is 25.1 Å². The molecule has 1 aromatic rings. The normalized spacial score (nSPS) is 15.3. The number of rotatable bonds is 4. The van der Waals surface area contributed by atoms with Crippen LogP contribution in [0.15, 0.2) is 30.3 Å². The molecule has 0 aliphatic rings. The zero-order valence-corrected chi connectivity index (χ0v) is 9.05. The van der Waals surface area contributed by atoms with Crippen LogP contribution in [0.1, 0.15) is 24.7 Å². The first-order valence-electron chi connectivity index (χ1n) is 4.67. The Kier molecular flexibility index (Phi) is 4.33. The van der Waals surface area contributed by atoms with E-state index in [-0.39, 0.29) is 6.04 Å². The van der Waals surface area contributed by atoms with Gasteiger partial charge in [-0.1, -0.05) is 37.3 Å². The third-order valence-corrected chi connectivity index (χ3v) is 3.35. The van der Waals surface area contributed by atoms with Crippen LogP contribution in [0.5, 0.6) is 0 Å². The van der Waals surface area contributed by atoms with E-state index >= 15 is 0 Å². The van der Waals surface area contributed by atoms with Crippen molar-refractivity contribution in [3.05, 3.63) is 35.9 Å². The molecule has 2 N–H and O–H groups in total. The molecule has 0 saturated heterocycles. The summed E-state index contributed by atoms with van der Waals surface area (Å²) < 4.78 is 0. The third-order valence-electron chi connectivity index (χ3n) is 1.95. The molecule has 72 valence electrons. The van der Waals surface area contributed by atoms with Crippen LogP contribution < -0.4 is 5.73 Å². The lowest BCUT2D eigenvalue weighted by atomic mass is 10.1. The quantitative estimate of drug-likeness (QED) is 0.799. The molecule has 0 bridgehead atoms. The zero-order valence-electron chi connectivity index (χ0n) is 8.23. The van der Waals surface area contributed by atoms with Gasteiger partial charge in [-0.25, -0.2) is 0 Å². The summed E-state index contributed by atoms with van der Waals surface area (Å²) >= 11 is 1.91. The Morgan fingerprint density at radius 2 is 1.92 bits per heavy atom. The lowest BCUT2D eigenvalue weighted by Gasteiger charge is -2.19. The summed E-state index contributed by atoms with van der Waals surface area (Å²) in [4.78, 5) is 0. The maximum Gasteiger partial charge on any atom is 0.0445 e. The summed E-state index contributed by atoms with van der Waals surface area (Å²) in [5.74, 6) is 1.11. The summed E-state index contributed by atoms with van der Waals surface area (Å²) in [6.07, 6.45) is 0. The average Bonchev–Trinajstić information content (AvgIpc) is 2.15. The van der Waals surface area contributed by atoms with E-state index in [1.807, 2.05) is 17.8 Å². The highest BCUT2D eigenvalue weighted by atomic mass is 32.2. The van der Waals surface area contributed by atoms with Gasteiger partial charge in [-0.2, -0.15) is 11.8 Å². The van der Waals surface area contributed by atoms with Gasteiger partial charge in [0.15, 0.2) is 0 Å². The SMILES string of the molecule is CCSC(c1ccccc1)C(C)N. The standard InChI is InChI=1S/C11H17NS/c1-3-13-11(9(2)12)10-7-5-4-6-8-10/h4-9,11H,3,12H2,1-2H3. The first kappa shape index (κ1) is 10.6. The summed E-state index contributed by atoms with van der Waals surface area (Å²) in [6, 6.07) is 10.7. The molecule has 0 spiro atoms. The molecule has 1 aromatic carbocycles. The number of benzene rings is 1. The Balaban J connectivity index is 2.76. The maximum absolute atomic E-state index is 5.93. The minimum Gasteiger partial charge on any atom is -0.327 e. The largest absolute Gasteiger partial charge is 0.327 e. The lowest BCUT2D eigenvalue weighted by molar-refractivity contribution is 0.721. The van der Waals surface area contributed by atoms with Crippen molar-refractivity contribution in [2.24, 2.45) is 5.73 Å². The molecule has 13 heavy (non-hydrogen) atoms. The molecule has 2 atom stereocenters. The van der Waals surface area contributed by atoms with E-state index in [4.69, 9.17) is 5.73 Å². The van der Waals surface area contributed by atoms with Crippen molar-refractivity contribution in [2.75, 3.05) is 5.75 Å². The fourth-order valence-electron chi connectivity index (χ4n) is 1.37. The smallest absolute Gasteiger partial charge is 0.0445 e. The minimum absolute atomic E-state index is 0.215. The molecule has 0 amide bonds. The highest BCUT2D eigenvalue weighted by molar-refractivity contribution is 7.99. The second kappa shape index (κ2) is 5.30. The summed E-state index contributed by atoms with van der Waals surface area (Å²) in [7, 11) is 0. The summed E-state index contributed by atoms with van der Waals surface area (Å²) in [5, 5.41) is 0.436. The molecule has 0 aromatic heterocycles. The molecule has 0 aliphatic heterocycles. The third kappa shape index (κ3) is 3.05. The summed E-state index contributed by atoms with van der Waals surface area (Å²) in [6.45, 7) is 4.24. The van der Waals surface area contributed by atoms with E-state index in [1.54, 1.807) is 0 Å². The maximum atomic E-state index is 5.93. The fourth-order valence-corrected chi connectivity index (χ4v) is 2.39. The van der Waals surface area contributed by atoms with Crippen LogP contribution in [0.2, 0.25) is 0 Å². The van der Waals surface area contributed by atoms with E-state index in [1.165, 1.54) is 5.56 Å². The van der Waals surface area contributed by atoms with Gasteiger partial charge in [0.2, 0.25) is 0 Å². The van der Waals surface area contributed by atoms with E-state index in [9.17, 15) is 0 Å². The predicted molar refractivity (Wildman–Crippen MR) is 61.0 cm³/mol. The van der Waals surface area contributed by atoms with Crippen LogP contribution in [0, 0.1) is 0 Å². The Labute approximate surface area is 84.7 Å². The second-order valence-corrected chi connectivity index (χ2v) is 4.56. The molecule has 1 nitrogen and oxygen atoms in total. The van der Waals surface area contributed by atoms with Crippen LogP contribution in [-0.4, -0.2) is 11.8 Å². The molecule has 0 fully saturated rings.